The van der Waals surface area contributed by atoms with Crippen molar-refractivity contribution in [3.8, 4) is 11.4 Å². The summed E-state index contributed by atoms with van der Waals surface area (Å²) in [5.41, 5.74) is 1.37. The standard InChI is InChI=1S/C15H19F2N5O2/c1-3-18-8-9-19-14(23)13-10(2)22(21-20-13)11-4-6-12(7-5-11)24-15(16)17/h4-7,15,18H,3,8-9H2,1-2H3,(H,19,23). The van der Waals surface area contributed by atoms with E-state index >= 15 is 0 Å². The Bertz CT molecular complexity index is 673. The SMILES string of the molecule is CCNCCNC(=O)c1nnn(-c2ccc(OC(F)F)cc2)c1C. The normalized spacial score (nSPS) is 10.9. The van der Waals surface area contributed by atoms with Gasteiger partial charge in [-0.05, 0) is 37.7 Å². The molecule has 0 fully saturated rings. The number of hydrogen-bond acceptors (Lipinski definition) is 5. The Morgan fingerprint density at radius 1 is 1.29 bits per heavy atom. The first-order valence-corrected chi connectivity index (χ1v) is 7.49. The van der Waals surface area contributed by atoms with Gasteiger partial charge in [-0.1, -0.05) is 12.1 Å². The molecule has 24 heavy (non-hydrogen) atoms. The van der Waals surface area contributed by atoms with E-state index in [4.69, 9.17) is 0 Å². The van der Waals surface area contributed by atoms with Gasteiger partial charge >= 0.3 is 6.61 Å². The summed E-state index contributed by atoms with van der Waals surface area (Å²) >= 11 is 0. The molecule has 1 heterocycles. The van der Waals surface area contributed by atoms with Gasteiger partial charge in [-0.2, -0.15) is 8.78 Å². The molecule has 0 saturated heterocycles. The molecular weight excluding hydrogens is 320 g/mol. The summed E-state index contributed by atoms with van der Waals surface area (Å²) in [6.45, 7) is 2.80. The van der Waals surface area contributed by atoms with Crippen LogP contribution in [0, 0.1) is 6.92 Å². The van der Waals surface area contributed by atoms with Crippen molar-refractivity contribution in [1.29, 1.82) is 0 Å². The number of alkyl halides is 2. The molecule has 2 rings (SSSR count). The minimum absolute atomic E-state index is 0.0490. The van der Waals surface area contributed by atoms with Crippen LogP contribution in [-0.4, -0.2) is 47.1 Å². The van der Waals surface area contributed by atoms with Gasteiger partial charge in [0.25, 0.3) is 5.91 Å². The molecule has 9 heteroatoms. The van der Waals surface area contributed by atoms with Crippen molar-refractivity contribution in [1.82, 2.24) is 25.6 Å². The van der Waals surface area contributed by atoms with Crippen molar-refractivity contribution < 1.29 is 18.3 Å². The lowest BCUT2D eigenvalue weighted by atomic mass is 10.2. The molecule has 0 radical (unpaired) electrons. The van der Waals surface area contributed by atoms with Gasteiger partial charge in [0, 0.05) is 13.1 Å². The number of benzene rings is 1. The number of nitrogens with zero attached hydrogens (tertiary/aromatic N) is 3. The summed E-state index contributed by atoms with van der Waals surface area (Å²) in [5, 5.41) is 13.7. The highest BCUT2D eigenvalue weighted by Crippen LogP contribution is 2.18. The number of ether oxygens (including phenoxy) is 1. The van der Waals surface area contributed by atoms with E-state index in [1.54, 1.807) is 19.1 Å². The summed E-state index contributed by atoms with van der Waals surface area (Å²) < 4.78 is 30.1. The fraction of sp³-hybridized carbons (Fsp3) is 0.400. The third kappa shape index (κ3) is 4.48. The van der Waals surface area contributed by atoms with Gasteiger partial charge in [0.2, 0.25) is 0 Å². The van der Waals surface area contributed by atoms with Gasteiger partial charge in [-0.25, -0.2) is 4.68 Å². The van der Waals surface area contributed by atoms with Crippen LogP contribution in [0.25, 0.3) is 5.69 Å². The molecule has 0 unspecified atom stereocenters. The Morgan fingerprint density at radius 3 is 2.62 bits per heavy atom. The Labute approximate surface area is 138 Å². The molecule has 0 aliphatic rings. The number of hydrogen-bond donors (Lipinski definition) is 2. The molecule has 0 spiro atoms. The van der Waals surface area contributed by atoms with Crippen molar-refractivity contribution in [2.24, 2.45) is 0 Å². The lowest BCUT2D eigenvalue weighted by molar-refractivity contribution is -0.0498. The van der Waals surface area contributed by atoms with Crippen LogP contribution >= 0.6 is 0 Å². The first kappa shape index (κ1) is 17.8. The smallest absolute Gasteiger partial charge is 0.387 e. The van der Waals surface area contributed by atoms with Crippen LogP contribution in [0.15, 0.2) is 24.3 Å². The monoisotopic (exact) mass is 339 g/mol. The van der Waals surface area contributed by atoms with Crippen LogP contribution in [0.1, 0.15) is 23.1 Å². The molecule has 0 saturated carbocycles. The van der Waals surface area contributed by atoms with Gasteiger partial charge in [0.15, 0.2) is 5.69 Å². The first-order valence-electron chi connectivity index (χ1n) is 7.49. The number of carbonyl (C=O) groups excluding carboxylic acids is 1. The molecule has 130 valence electrons. The van der Waals surface area contributed by atoms with Gasteiger partial charge in [0.05, 0.1) is 11.4 Å². The lowest BCUT2D eigenvalue weighted by Gasteiger charge is -2.07. The minimum Gasteiger partial charge on any atom is -0.435 e. The molecule has 7 nitrogen and oxygen atoms in total. The first-order chi connectivity index (χ1) is 11.5. The topological polar surface area (TPSA) is 81.1 Å². The molecule has 1 aromatic carbocycles. The number of halogens is 2. The van der Waals surface area contributed by atoms with E-state index in [-0.39, 0.29) is 17.4 Å². The van der Waals surface area contributed by atoms with E-state index in [1.165, 1.54) is 16.8 Å². The van der Waals surface area contributed by atoms with Crippen LogP contribution < -0.4 is 15.4 Å². The Morgan fingerprint density at radius 2 is 2.00 bits per heavy atom. The Kier molecular flexibility index (Phi) is 6.19. The molecular formula is C15H19F2N5O2. The summed E-state index contributed by atoms with van der Waals surface area (Å²) in [7, 11) is 0. The Balaban J connectivity index is 2.07. The molecule has 1 aromatic heterocycles. The van der Waals surface area contributed by atoms with E-state index in [2.05, 4.69) is 25.7 Å². The molecule has 2 N–H and O–H groups in total. The second-order valence-electron chi connectivity index (χ2n) is 4.92. The van der Waals surface area contributed by atoms with Crippen molar-refractivity contribution >= 4 is 5.91 Å². The van der Waals surface area contributed by atoms with Gasteiger partial charge in [-0.15, -0.1) is 5.10 Å². The highest BCUT2D eigenvalue weighted by molar-refractivity contribution is 5.93. The molecule has 1 amide bonds. The highest BCUT2D eigenvalue weighted by Gasteiger charge is 2.17. The summed E-state index contributed by atoms with van der Waals surface area (Å²) in [4.78, 5) is 12.1. The molecule has 2 aromatic rings. The summed E-state index contributed by atoms with van der Waals surface area (Å²) in [6.07, 6.45) is 0. The molecule has 0 aliphatic carbocycles. The highest BCUT2D eigenvalue weighted by atomic mass is 19.3. The maximum absolute atomic E-state index is 12.2. The third-order valence-corrected chi connectivity index (χ3v) is 3.25. The van der Waals surface area contributed by atoms with E-state index in [9.17, 15) is 13.6 Å². The van der Waals surface area contributed by atoms with Gasteiger partial charge in [-0.3, -0.25) is 4.79 Å². The number of amides is 1. The van der Waals surface area contributed by atoms with E-state index in [0.29, 0.717) is 24.5 Å². The van der Waals surface area contributed by atoms with E-state index in [0.717, 1.165) is 6.54 Å². The predicted molar refractivity (Wildman–Crippen MR) is 83.6 cm³/mol. The van der Waals surface area contributed by atoms with Crippen molar-refractivity contribution in [2.45, 2.75) is 20.5 Å². The van der Waals surface area contributed by atoms with Crippen LogP contribution in [-0.2, 0) is 0 Å². The number of likely N-dealkylation sites (N-methyl/N-ethyl adjacent to an activating group) is 1. The van der Waals surface area contributed by atoms with Crippen LogP contribution in [0.5, 0.6) is 5.75 Å². The second-order valence-corrected chi connectivity index (χ2v) is 4.92. The van der Waals surface area contributed by atoms with Crippen LogP contribution in [0.3, 0.4) is 0 Å². The fourth-order valence-electron chi connectivity index (χ4n) is 2.08. The average Bonchev–Trinajstić information content (AvgIpc) is 2.93. The van der Waals surface area contributed by atoms with Crippen molar-refractivity contribution in [3.63, 3.8) is 0 Å². The number of aromatic nitrogens is 3. The Hall–Kier alpha value is -2.55. The zero-order valence-corrected chi connectivity index (χ0v) is 13.4. The van der Waals surface area contributed by atoms with Gasteiger partial charge in [0.1, 0.15) is 5.75 Å². The average molecular weight is 339 g/mol. The number of nitrogens with one attached hydrogen (secondary N) is 2. The summed E-state index contributed by atoms with van der Waals surface area (Å²) in [6, 6.07) is 5.93. The van der Waals surface area contributed by atoms with Crippen molar-refractivity contribution in [2.75, 3.05) is 19.6 Å². The van der Waals surface area contributed by atoms with Crippen LogP contribution in [0.2, 0.25) is 0 Å². The fourth-order valence-corrected chi connectivity index (χ4v) is 2.08. The number of rotatable bonds is 8. The predicted octanol–water partition coefficient (Wildman–Crippen LogP) is 1.52. The largest absolute Gasteiger partial charge is 0.435 e. The van der Waals surface area contributed by atoms with E-state index in [1.807, 2.05) is 6.92 Å². The lowest BCUT2D eigenvalue weighted by Crippen LogP contribution is -2.32. The zero-order valence-electron chi connectivity index (χ0n) is 13.4. The van der Waals surface area contributed by atoms with Crippen LogP contribution in [0.4, 0.5) is 8.78 Å². The maximum atomic E-state index is 12.2. The minimum atomic E-state index is -2.87. The van der Waals surface area contributed by atoms with Crippen molar-refractivity contribution in [3.05, 3.63) is 35.7 Å². The number of carbonyl (C=O) groups is 1. The second kappa shape index (κ2) is 8.34. The molecule has 0 aliphatic heterocycles. The molecule has 0 bridgehead atoms. The quantitative estimate of drug-likeness (QED) is 0.713. The van der Waals surface area contributed by atoms with E-state index < -0.39 is 6.61 Å². The van der Waals surface area contributed by atoms with Gasteiger partial charge < -0.3 is 15.4 Å². The molecule has 0 atom stereocenters. The third-order valence-electron chi connectivity index (χ3n) is 3.25. The summed E-state index contributed by atoms with van der Waals surface area (Å²) in [5.74, 6) is -0.262. The maximum Gasteiger partial charge on any atom is 0.387 e. The zero-order chi connectivity index (χ0) is 17.5.